The van der Waals surface area contributed by atoms with Crippen LogP contribution in [-0.4, -0.2) is 9.97 Å². The SMILES string of the molecule is CC1(C)c2ccccc2-c2ccc3ccc(-c4nc(-c5ccccc5)cc(-c5cc6ccccc6c6ccccc56)n4)cc3c21. The van der Waals surface area contributed by atoms with E-state index in [2.05, 4.69) is 153 Å². The summed E-state index contributed by atoms with van der Waals surface area (Å²) in [6.07, 6.45) is 0. The van der Waals surface area contributed by atoms with Gasteiger partial charge in [-0.2, -0.15) is 0 Å². The second-order valence-corrected chi connectivity index (χ2v) is 12.6. The van der Waals surface area contributed by atoms with Crippen LogP contribution in [-0.2, 0) is 5.41 Å². The molecule has 0 fully saturated rings. The van der Waals surface area contributed by atoms with Crippen LogP contribution in [0, 0.1) is 0 Å². The summed E-state index contributed by atoms with van der Waals surface area (Å²) < 4.78 is 0. The minimum atomic E-state index is -0.105. The summed E-state index contributed by atoms with van der Waals surface area (Å²) in [4.78, 5) is 10.5. The van der Waals surface area contributed by atoms with Gasteiger partial charge in [0, 0.05) is 22.1 Å². The molecule has 0 bridgehead atoms. The van der Waals surface area contributed by atoms with Gasteiger partial charge in [-0.15, -0.1) is 0 Å². The standard InChI is InChI=1S/C43H30N2/c1-43(2)38-19-11-10-18-34(38)35-23-22-27-20-21-30(25-36(27)41(35)43)42-44-39(28-12-4-3-5-13-28)26-40(45-42)37-24-29-14-6-7-15-31(29)32-16-8-9-17-33(32)37/h3-26H,1-2H3. The molecule has 212 valence electrons. The number of nitrogens with zero attached hydrogens (tertiary/aromatic N) is 2. The van der Waals surface area contributed by atoms with Crippen LogP contribution in [0.25, 0.3) is 77.3 Å². The third kappa shape index (κ3) is 3.96. The molecule has 2 heteroatoms. The largest absolute Gasteiger partial charge is 0.228 e. The topological polar surface area (TPSA) is 25.8 Å². The lowest BCUT2D eigenvalue weighted by Crippen LogP contribution is -2.15. The van der Waals surface area contributed by atoms with E-state index in [1.54, 1.807) is 0 Å². The van der Waals surface area contributed by atoms with Gasteiger partial charge >= 0.3 is 0 Å². The molecule has 0 spiro atoms. The van der Waals surface area contributed by atoms with Crippen molar-refractivity contribution in [2.45, 2.75) is 19.3 Å². The van der Waals surface area contributed by atoms with E-state index in [0.29, 0.717) is 0 Å². The summed E-state index contributed by atoms with van der Waals surface area (Å²) in [5.74, 6) is 0.733. The molecular weight excluding hydrogens is 544 g/mol. The molecule has 0 amide bonds. The van der Waals surface area contributed by atoms with Crippen LogP contribution in [0.3, 0.4) is 0 Å². The second-order valence-electron chi connectivity index (χ2n) is 12.6. The van der Waals surface area contributed by atoms with Gasteiger partial charge in [0.1, 0.15) is 0 Å². The van der Waals surface area contributed by atoms with Gasteiger partial charge in [0.05, 0.1) is 11.4 Å². The Morgan fingerprint density at radius 3 is 1.98 bits per heavy atom. The first-order valence-electron chi connectivity index (χ1n) is 15.6. The van der Waals surface area contributed by atoms with Crippen LogP contribution in [0.15, 0.2) is 146 Å². The van der Waals surface area contributed by atoms with Crippen LogP contribution in [0.1, 0.15) is 25.0 Å². The molecular formula is C43H30N2. The molecule has 9 rings (SSSR count). The lowest BCUT2D eigenvalue weighted by Gasteiger charge is -2.23. The first-order chi connectivity index (χ1) is 22.1. The van der Waals surface area contributed by atoms with Crippen molar-refractivity contribution in [2.75, 3.05) is 0 Å². The van der Waals surface area contributed by atoms with E-state index in [4.69, 9.17) is 9.97 Å². The number of aromatic nitrogens is 2. The van der Waals surface area contributed by atoms with E-state index in [-0.39, 0.29) is 5.41 Å². The number of fused-ring (bicyclic) bond motifs is 8. The van der Waals surface area contributed by atoms with Crippen LogP contribution in [0.5, 0.6) is 0 Å². The first-order valence-corrected chi connectivity index (χ1v) is 15.6. The molecule has 0 radical (unpaired) electrons. The Kier molecular flexibility index (Phi) is 5.58. The van der Waals surface area contributed by atoms with Crippen LogP contribution in [0.2, 0.25) is 0 Å². The number of hydrogen-bond donors (Lipinski definition) is 0. The molecule has 1 aliphatic rings. The van der Waals surface area contributed by atoms with Gasteiger partial charge < -0.3 is 0 Å². The van der Waals surface area contributed by atoms with Crippen molar-refractivity contribution in [3.05, 3.63) is 157 Å². The summed E-state index contributed by atoms with van der Waals surface area (Å²) in [6.45, 7) is 4.69. The summed E-state index contributed by atoms with van der Waals surface area (Å²) in [5.41, 5.74) is 10.4. The van der Waals surface area contributed by atoms with Gasteiger partial charge in [-0.05, 0) is 72.8 Å². The lowest BCUT2D eigenvalue weighted by atomic mass is 9.80. The van der Waals surface area contributed by atoms with Gasteiger partial charge in [-0.3, -0.25) is 0 Å². The van der Waals surface area contributed by atoms with Crippen molar-refractivity contribution in [3.8, 4) is 45.0 Å². The zero-order valence-electron chi connectivity index (χ0n) is 25.3. The lowest BCUT2D eigenvalue weighted by molar-refractivity contribution is 0.666. The van der Waals surface area contributed by atoms with Crippen molar-refractivity contribution >= 4 is 32.3 Å². The van der Waals surface area contributed by atoms with E-state index in [9.17, 15) is 0 Å². The van der Waals surface area contributed by atoms with Crippen molar-refractivity contribution < 1.29 is 0 Å². The Balaban J connectivity index is 1.31. The maximum Gasteiger partial charge on any atom is 0.160 e. The predicted octanol–water partition coefficient (Wildman–Crippen LogP) is 11.2. The second kappa shape index (κ2) is 9.70. The highest BCUT2D eigenvalue weighted by atomic mass is 14.9. The summed E-state index contributed by atoms with van der Waals surface area (Å²) in [5, 5.41) is 7.37. The molecule has 0 atom stereocenters. The molecule has 0 saturated carbocycles. The smallest absolute Gasteiger partial charge is 0.160 e. The molecule has 1 aromatic heterocycles. The normalized spacial score (nSPS) is 13.3. The minimum Gasteiger partial charge on any atom is -0.228 e. The number of benzene rings is 7. The number of hydrogen-bond acceptors (Lipinski definition) is 2. The predicted molar refractivity (Wildman–Crippen MR) is 188 cm³/mol. The van der Waals surface area contributed by atoms with Gasteiger partial charge in [0.25, 0.3) is 0 Å². The fourth-order valence-electron chi connectivity index (χ4n) is 7.49. The minimum absolute atomic E-state index is 0.105. The fraction of sp³-hybridized carbons (Fsp3) is 0.0698. The monoisotopic (exact) mass is 574 g/mol. The molecule has 0 unspecified atom stereocenters. The summed E-state index contributed by atoms with van der Waals surface area (Å²) >= 11 is 0. The zero-order chi connectivity index (χ0) is 30.1. The van der Waals surface area contributed by atoms with Crippen molar-refractivity contribution in [1.29, 1.82) is 0 Å². The van der Waals surface area contributed by atoms with E-state index >= 15 is 0 Å². The van der Waals surface area contributed by atoms with Gasteiger partial charge in [0.2, 0.25) is 0 Å². The van der Waals surface area contributed by atoms with E-state index in [0.717, 1.165) is 33.9 Å². The molecule has 45 heavy (non-hydrogen) atoms. The average molecular weight is 575 g/mol. The fourth-order valence-corrected chi connectivity index (χ4v) is 7.49. The van der Waals surface area contributed by atoms with Crippen molar-refractivity contribution in [3.63, 3.8) is 0 Å². The van der Waals surface area contributed by atoms with Crippen LogP contribution in [0.4, 0.5) is 0 Å². The van der Waals surface area contributed by atoms with Crippen molar-refractivity contribution in [1.82, 2.24) is 9.97 Å². The molecule has 2 nitrogen and oxygen atoms in total. The Morgan fingerprint density at radius 2 is 1.11 bits per heavy atom. The zero-order valence-corrected chi connectivity index (χ0v) is 25.3. The Hall–Kier alpha value is -5.60. The molecule has 7 aromatic carbocycles. The molecule has 0 aliphatic heterocycles. The molecule has 8 aromatic rings. The molecule has 1 heterocycles. The maximum absolute atomic E-state index is 5.32. The van der Waals surface area contributed by atoms with Crippen molar-refractivity contribution in [2.24, 2.45) is 0 Å². The third-order valence-electron chi connectivity index (χ3n) is 9.63. The first kappa shape index (κ1) is 25.9. The van der Waals surface area contributed by atoms with E-state index in [1.807, 2.05) is 6.07 Å². The van der Waals surface area contributed by atoms with Gasteiger partial charge in [-0.25, -0.2) is 9.97 Å². The van der Waals surface area contributed by atoms with Gasteiger partial charge in [0.15, 0.2) is 5.82 Å². The highest BCUT2D eigenvalue weighted by molar-refractivity contribution is 6.13. The third-order valence-corrected chi connectivity index (χ3v) is 9.63. The van der Waals surface area contributed by atoms with Crippen LogP contribution < -0.4 is 0 Å². The molecule has 1 aliphatic carbocycles. The Labute approximate surface area is 262 Å². The maximum atomic E-state index is 5.32. The van der Waals surface area contributed by atoms with Crippen LogP contribution >= 0.6 is 0 Å². The number of rotatable bonds is 3. The molecule has 0 N–H and O–H groups in total. The summed E-state index contributed by atoms with van der Waals surface area (Å²) in [6, 6.07) is 52.2. The Morgan fingerprint density at radius 1 is 0.422 bits per heavy atom. The highest BCUT2D eigenvalue weighted by Gasteiger charge is 2.36. The van der Waals surface area contributed by atoms with E-state index < -0.39 is 0 Å². The highest BCUT2D eigenvalue weighted by Crippen LogP contribution is 2.51. The van der Waals surface area contributed by atoms with Gasteiger partial charge in [-0.1, -0.05) is 141 Å². The quantitative estimate of drug-likeness (QED) is 0.196. The summed E-state index contributed by atoms with van der Waals surface area (Å²) in [7, 11) is 0. The van der Waals surface area contributed by atoms with E-state index in [1.165, 1.54) is 54.6 Å². The molecule has 0 saturated heterocycles. The average Bonchev–Trinajstić information content (AvgIpc) is 3.34. The Bertz CT molecular complexity index is 2450.